The van der Waals surface area contributed by atoms with Crippen LogP contribution in [0.25, 0.3) is 0 Å². The lowest BCUT2D eigenvalue weighted by Gasteiger charge is -2.08. The Morgan fingerprint density at radius 1 is 1.50 bits per heavy atom. The van der Waals surface area contributed by atoms with Gasteiger partial charge in [-0.05, 0) is 12.0 Å². The first-order valence-corrected chi connectivity index (χ1v) is 4.40. The van der Waals surface area contributed by atoms with Crippen molar-refractivity contribution >= 4 is 5.91 Å². The molecular weight excluding hydrogens is 180 g/mol. The molecule has 0 fully saturated rings. The summed E-state index contributed by atoms with van der Waals surface area (Å²) in [6.07, 6.45) is 0. The maximum atomic E-state index is 11.0. The third-order valence-corrected chi connectivity index (χ3v) is 1.91. The lowest BCUT2D eigenvalue weighted by atomic mass is 10.1. The van der Waals surface area contributed by atoms with Crippen LogP contribution >= 0.6 is 0 Å². The average Bonchev–Trinajstić information content (AvgIpc) is 2.16. The van der Waals surface area contributed by atoms with E-state index in [4.69, 9.17) is 10.5 Å². The molecule has 4 nitrogen and oxygen atoms in total. The Balaban J connectivity index is 3.20. The summed E-state index contributed by atoms with van der Waals surface area (Å²) in [4.78, 5) is 15.2. The summed E-state index contributed by atoms with van der Waals surface area (Å²) in [5.74, 6) is 0.195. The maximum absolute atomic E-state index is 11.0. The second kappa shape index (κ2) is 4.09. The van der Waals surface area contributed by atoms with Crippen molar-refractivity contribution in [2.24, 2.45) is 5.73 Å². The van der Waals surface area contributed by atoms with Gasteiger partial charge in [-0.25, -0.2) is 4.98 Å². The third kappa shape index (κ3) is 2.22. The normalized spacial score (nSPS) is 10.3. The largest absolute Gasteiger partial charge is 0.481 e. The lowest BCUT2D eigenvalue weighted by molar-refractivity contribution is 0.0999. The Bertz CT molecular complexity index is 348. The molecule has 0 aromatic carbocycles. The smallest absolute Gasteiger partial charge is 0.248 e. The van der Waals surface area contributed by atoms with Gasteiger partial charge in [0.15, 0.2) is 0 Å². The van der Waals surface area contributed by atoms with Crippen molar-refractivity contribution in [2.75, 3.05) is 7.11 Å². The molecule has 0 unspecified atom stereocenters. The van der Waals surface area contributed by atoms with E-state index >= 15 is 0 Å². The van der Waals surface area contributed by atoms with Crippen molar-refractivity contribution in [3.05, 3.63) is 23.4 Å². The van der Waals surface area contributed by atoms with Gasteiger partial charge in [-0.3, -0.25) is 4.79 Å². The Hall–Kier alpha value is -1.58. The van der Waals surface area contributed by atoms with Gasteiger partial charge in [0.05, 0.1) is 7.11 Å². The minimum atomic E-state index is -0.465. The van der Waals surface area contributed by atoms with Crippen LogP contribution in [0.1, 0.15) is 35.8 Å². The Morgan fingerprint density at radius 3 is 2.57 bits per heavy atom. The van der Waals surface area contributed by atoms with Crippen LogP contribution in [-0.2, 0) is 0 Å². The van der Waals surface area contributed by atoms with Gasteiger partial charge in [0.2, 0.25) is 11.8 Å². The van der Waals surface area contributed by atoms with Crippen LogP contribution in [0.3, 0.4) is 0 Å². The van der Waals surface area contributed by atoms with E-state index in [0.717, 1.165) is 5.69 Å². The van der Waals surface area contributed by atoms with Crippen molar-refractivity contribution in [1.82, 2.24) is 4.98 Å². The third-order valence-electron chi connectivity index (χ3n) is 1.91. The number of pyridine rings is 1. The highest BCUT2D eigenvalue weighted by Crippen LogP contribution is 2.18. The van der Waals surface area contributed by atoms with Crippen molar-refractivity contribution in [3.8, 4) is 5.88 Å². The van der Waals surface area contributed by atoms with Crippen molar-refractivity contribution in [1.29, 1.82) is 0 Å². The minimum absolute atomic E-state index is 0.239. The zero-order valence-corrected chi connectivity index (χ0v) is 8.57. The summed E-state index contributed by atoms with van der Waals surface area (Å²) in [6, 6.07) is 3.23. The highest BCUT2D eigenvalue weighted by molar-refractivity contribution is 5.93. The molecule has 1 aromatic heterocycles. The molecule has 0 atom stereocenters. The first-order valence-electron chi connectivity index (χ1n) is 4.40. The van der Waals surface area contributed by atoms with Gasteiger partial charge in [-0.15, -0.1) is 0 Å². The number of nitrogens with zero attached hydrogens (tertiary/aromatic N) is 1. The first-order chi connectivity index (χ1) is 6.54. The standard InChI is InChI=1S/C10H14N2O2/c1-6(2)8-4-7(10(11)13)5-9(12-8)14-3/h4-6H,1-3H3,(H2,11,13). The van der Waals surface area contributed by atoms with Crippen molar-refractivity contribution in [2.45, 2.75) is 19.8 Å². The van der Waals surface area contributed by atoms with Crippen LogP contribution in [-0.4, -0.2) is 18.0 Å². The number of hydrogen-bond acceptors (Lipinski definition) is 3. The van der Waals surface area contributed by atoms with Gasteiger partial charge in [0.1, 0.15) is 0 Å². The van der Waals surface area contributed by atoms with Crippen molar-refractivity contribution < 1.29 is 9.53 Å². The molecule has 0 bridgehead atoms. The topological polar surface area (TPSA) is 65.2 Å². The van der Waals surface area contributed by atoms with E-state index in [9.17, 15) is 4.79 Å². The van der Waals surface area contributed by atoms with Crippen LogP contribution in [0.4, 0.5) is 0 Å². The first kappa shape index (κ1) is 10.5. The fourth-order valence-corrected chi connectivity index (χ4v) is 1.07. The Morgan fingerprint density at radius 2 is 2.14 bits per heavy atom. The fraction of sp³-hybridized carbons (Fsp3) is 0.400. The maximum Gasteiger partial charge on any atom is 0.248 e. The number of nitrogens with two attached hydrogens (primary N) is 1. The molecule has 1 amide bonds. The molecule has 0 aliphatic carbocycles. The monoisotopic (exact) mass is 194 g/mol. The highest BCUT2D eigenvalue weighted by Gasteiger charge is 2.09. The number of primary amides is 1. The van der Waals surface area contributed by atoms with E-state index in [1.165, 1.54) is 13.2 Å². The number of aromatic nitrogens is 1. The summed E-state index contributed by atoms with van der Waals surface area (Å²) in [7, 11) is 1.51. The number of amides is 1. The number of carbonyl (C=O) groups is 1. The second-order valence-corrected chi connectivity index (χ2v) is 3.34. The van der Waals surface area contributed by atoms with Gasteiger partial charge in [0.25, 0.3) is 0 Å². The highest BCUT2D eigenvalue weighted by atomic mass is 16.5. The minimum Gasteiger partial charge on any atom is -0.481 e. The summed E-state index contributed by atoms with van der Waals surface area (Å²) >= 11 is 0. The van der Waals surface area contributed by atoms with Gasteiger partial charge in [0, 0.05) is 17.3 Å². The van der Waals surface area contributed by atoms with E-state index in [1.807, 2.05) is 13.8 Å². The molecule has 0 spiro atoms. The molecule has 0 saturated carbocycles. The van der Waals surface area contributed by atoms with Crippen molar-refractivity contribution in [3.63, 3.8) is 0 Å². The zero-order valence-electron chi connectivity index (χ0n) is 8.57. The molecule has 1 rings (SSSR count). The molecule has 0 saturated heterocycles. The molecule has 1 heterocycles. The van der Waals surface area contributed by atoms with E-state index in [-0.39, 0.29) is 5.92 Å². The predicted molar refractivity (Wildman–Crippen MR) is 53.4 cm³/mol. The van der Waals surface area contributed by atoms with Crippen LogP contribution < -0.4 is 10.5 Å². The number of ether oxygens (including phenoxy) is 1. The van der Waals surface area contributed by atoms with E-state index in [1.54, 1.807) is 6.07 Å². The van der Waals surface area contributed by atoms with Gasteiger partial charge in [-0.1, -0.05) is 13.8 Å². The molecule has 76 valence electrons. The summed E-state index contributed by atoms with van der Waals surface area (Å²) < 4.78 is 4.98. The lowest BCUT2D eigenvalue weighted by Crippen LogP contribution is -2.12. The molecule has 14 heavy (non-hydrogen) atoms. The Labute approximate surface area is 83.1 Å². The van der Waals surface area contributed by atoms with Gasteiger partial charge >= 0.3 is 0 Å². The number of rotatable bonds is 3. The van der Waals surface area contributed by atoms with Gasteiger partial charge < -0.3 is 10.5 Å². The molecule has 4 heteroatoms. The SMILES string of the molecule is COc1cc(C(N)=O)cc(C(C)C)n1. The second-order valence-electron chi connectivity index (χ2n) is 3.34. The Kier molecular flexibility index (Phi) is 3.06. The van der Waals surface area contributed by atoms with Crippen LogP contribution in [0.15, 0.2) is 12.1 Å². The molecule has 0 aliphatic heterocycles. The fourth-order valence-electron chi connectivity index (χ4n) is 1.07. The van der Waals surface area contributed by atoms with Crippen LogP contribution in [0.2, 0.25) is 0 Å². The van der Waals surface area contributed by atoms with E-state index in [2.05, 4.69) is 4.98 Å². The number of hydrogen-bond donors (Lipinski definition) is 1. The molecule has 0 radical (unpaired) electrons. The van der Waals surface area contributed by atoms with Crippen LogP contribution in [0, 0.1) is 0 Å². The van der Waals surface area contributed by atoms with E-state index < -0.39 is 5.91 Å². The number of carbonyl (C=O) groups excluding carboxylic acids is 1. The summed E-state index contributed by atoms with van der Waals surface area (Å²) in [5.41, 5.74) is 6.42. The average molecular weight is 194 g/mol. The zero-order chi connectivity index (χ0) is 10.7. The molecule has 1 aromatic rings. The van der Waals surface area contributed by atoms with E-state index in [0.29, 0.717) is 11.4 Å². The predicted octanol–water partition coefficient (Wildman–Crippen LogP) is 1.31. The molecular formula is C10H14N2O2. The van der Waals surface area contributed by atoms with Gasteiger partial charge in [-0.2, -0.15) is 0 Å². The summed E-state index contributed by atoms with van der Waals surface area (Å²) in [5, 5.41) is 0. The summed E-state index contributed by atoms with van der Waals surface area (Å²) in [6.45, 7) is 3.99. The quantitative estimate of drug-likeness (QED) is 0.789. The molecule has 2 N–H and O–H groups in total. The number of methoxy groups -OCH3 is 1. The van der Waals surface area contributed by atoms with Crippen LogP contribution in [0.5, 0.6) is 5.88 Å². The molecule has 0 aliphatic rings.